The van der Waals surface area contributed by atoms with Crippen LogP contribution >= 0.6 is 0 Å². The molecule has 0 bridgehead atoms. The van der Waals surface area contributed by atoms with Crippen molar-refractivity contribution in [3.63, 3.8) is 0 Å². The lowest BCUT2D eigenvalue weighted by Gasteiger charge is -2.53. The molecule has 1 saturated heterocycles. The predicted molar refractivity (Wildman–Crippen MR) is 65.0 cm³/mol. The first kappa shape index (κ1) is 11.9. The van der Waals surface area contributed by atoms with Crippen LogP contribution in [0.3, 0.4) is 0 Å². The van der Waals surface area contributed by atoms with E-state index in [1.54, 1.807) is 0 Å². The maximum Gasteiger partial charge on any atom is 0.109 e. The summed E-state index contributed by atoms with van der Waals surface area (Å²) in [4.78, 5) is 4.77. The third kappa shape index (κ3) is 1.97. The van der Waals surface area contributed by atoms with Crippen molar-refractivity contribution < 1.29 is 0 Å². The van der Waals surface area contributed by atoms with Gasteiger partial charge >= 0.3 is 0 Å². The Hall–Kier alpha value is -0.590. The standard InChI is InChI=1S/C13H23N3/c1-11(2)12-8-13(9-12,10-14)16-6-4-15(3)5-7-16/h11-12H,4-9H2,1-3H3. The van der Waals surface area contributed by atoms with Gasteiger partial charge in [0, 0.05) is 26.2 Å². The van der Waals surface area contributed by atoms with E-state index in [-0.39, 0.29) is 5.54 Å². The Balaban J connectivity index is 1.95. The van der Waals surface area contributed by atoms with E-state index < -0.39 is 0 Å². The van der Waals surface area contributed by atoms with Gasteiger partial charge in [-0.05, 0) is 31.7 Å². The minimum atomic E-state index is -0.115. The summed E-state index contributed by atoms with van der Waals surface area (Å²) >= 11 is 0. The lowest BCUT2D eigenvalue weighted by atomic mass is 9.63. The van der Waals surface area contributed by atoms with Gasteiger partial charge in [0.05, 0.1) is 6.07 Å². The Kier molecular flexibility index (Phi) is 3.23. The van der Waals surface area contributed by atoms with Crippen molar-refractivity contribution in [3.05, 3.63) is 0 Å². The molecule has 0 unspecified atom stereocenters. The molecule has 1 saturated carbocycles. The summed E-state index contributed by atoms with van der Waals surface area (Å²) in [6, 6.07) is 2.59. The molecule has 2 aliphatic rings. The van der Waals surface area contributed by atoms with Crippen molar-refractivity contribution >= 4 is 0 Å². The van der Waals surface area contributed by atoms with E-state index in [0.29, 0.717) is 0 Å². The maximum atomic E-state index is 9.45. The third-order valence-electron chi connectivity index (χ3n) is 4.46. The highest BCUT2D eigenvalue weighted by atomic mass is 15.3. The molecule has 0 aromatic carbocycles. The number of likely N-dealkylation sites (N-methyl/N-ethyl adjacent to an activating group) is 1. The van der Waals surface area contributed by atoms with Gasteiger partial charge in [-0.25, -0.2) is 0 Å². The molecule has 2 fully saturated rings. The van der Waals surface area contributed by atoms with Crippen LogP contribution in [0.1, 0.15) is 26.7 Å². The molecule has 0 N–H and O–H groups in total. The normalized spacial score (nSPS) is 37.1. The van der Waals surface area contributed by atoms with Gasteiger partial charge in [-0.2, -0.15) is 5.26 Å². The largest absolute Gasteiger partial charge is 0.304 e. The van der Waals surface area contributed by atoms with E-state index in [1.807, 2.05) is 0 Å². The summed E-state index contributed by atoms with van der Waals surface area (Å²) in [6.45, 7) is 8.89. The van der Waals surface area contributed by atoms with E-state index in [1.165, 1.54) is 0 Å². The molecule has 2 rings (SSSR count). The van der Waals surface area contributed by atoms with Gasteiger partial charge in [-0.15, -0.1) is 0 Å². The van der Waals surface area contributed by atoms with Crippen LogP contribution in [-0.4, -0.2) is 48.6 Å². The van der Waals surface area contributed by atoms with Gasteiger partial charge in [0.1, 0.15) is 5.54 Å². The third-order valence-corrected chi connectivity index (χ3v) is 4.46. The monoisotopic (exact) mass is 221 g/mol. The van der Waals surface area contributed by atoms with Crippen molar-refractivity contribution in [3.8, 4) is 6.07 Å². The minimum absolute atomic E-state index is 0.115. The number of nitriles is 1. The molecule has 0 amide bonds. The van der Waals surface area contributed by atoms with Crippen LogP contribution in [0.15, 0.2) is 0 Å². The van der Waals surface area contributed by atoms with Crippen LogP contribution in [0.2, 0.25) is 0 Å². The lowest BCUT2D eigenvalue weighted by Crippen LogP contribution is -2.62. The van der Waals surface area contributed by atoms with E-state index in [0.717, 1.165) is 50.9 Å². The van der Waals surface area contributed by atoms with Gasteiger partial charge in [-0.3, -0.25) is 4.90 Å². The summed E-state index contributed by atoms with van der Waals surface area (Å²) in [7, 11) is 2.16. The molecule has 0 atom stereocenters. The summed E-state index contributed by atoms with van der Waals surface area (Å²) < 4.78 is 0. The molecule has 3 nitrogen and oxygen atoms in total. The fraction of sp³-hybridized carbons (Fsp3) is 0.923. The molecule has 1 aliphatic carbocycles. The molecule has 0 aromatic heterocycles. The summed E-state index contributed by atoms with van der Waals surface area (Å²) in [5, 5.41) is 9.45. The average molecular weight is 221 g/mol. The second-order valence-corrected chi connectivity index (χ2v) is 5.85. The molecule has 1 aliphatic heterocycles. The number of nitrogens with zero attached hydrogens (tertiary/aromatic N) is 3. The van der Waals surface area contributed by atoms with E-state index in [9.17, 15) is 5.26 Å². The fourth-order valence-corrected chi connectivity index (χ4v) is 2.93. The summed E-state index contributed by atoms with van der Waals surface area (Å²) in [6.07, 6.45) is 2.18. The summed E-state index contributed by atoms with van der Waals surface area (Å²) in [5.74, 6) is 1.49. The van der Waals surface area contributed by atoms with Crippen LogP contribution in [0.5, 0.6) is 0 Å². The Morgan fingerprint density at radius 2 is 1.75 bits per heavy atom. The fourth-order valence-electron chi connectivity index (χ4n) is 2.93. The number of hydrogen-bond donors (Lipinski definition) is 0. The molecular formula is C13H23N3. The predicted octanol–water partition coefficient (Wildman–Crippen LogP) is 1.56. The van der Waals surface area contributed by atoms with Crippen LogP contribution in [0, 0.1) is 23.2 Å². The number of rotatable bonds is 2. The van der Waals surface area contributed by atoms with Gasteiger partial charge < -0.3 is 4.90 Å². The van der Waals surface area contributed by atoms with Gasteiger partial charge in [0.2, 0.25) is 0 Å². The SMILES string of the molecule is CC(C)C1CC(C#N)(N2CCN(C)CC2)C1. The first-order valence-corrected chi connectivity index (χ1v) is 6.42. The smallest absolute Gasteiger partial charge is 0.109 e. The molecule has 1 heterocycles. The molecule has 3 heteroatoms. The van der Waals surface area contributed by atoms with Crippen LogP contribution in [-0.2, 0) is 0 Å². The van der Waals surface area contributed by atoms with E-state index >= 15 is 0 Å². The van der Waals surface area contributed by atoms with E-state index in [2.05, 4.69) is 36.8 Å². The zero-order valence-electron chi connectivity index (χ0n) is 10.7. The van der Waals surface area contributed by atoms with Gasteiger partial charge in [0.15, 0.2) is 0 Å². The Morgan fingerprint density at radius 3 is 2.19 bits per heavy atom. The second kappa shape index (κ2) is 4.35. The Bertz CT molecular complexity index is 278. The topological polar surface area (TPSA) is 30.3 Å². The molecule has 90 valence electrons. The molecule has 0 spiro atoms. The molecular weight excluding hydrogens is 198 g/mol. The van der Waals surface area contributed by atoms with Crippen molar-refractivity contribution in [1.29, 1.82) is 5.26 Å². The second-order valence-electron chi connectivity index (χ2n) is 5.85. The Labute approximate surface area is 99.0 Å². The first-order valence-electron chi connectivity index (χ1n) is 6.42. The lowest BCUT2D eigenvalue weighted by molar-refractivity contribution is -0.0224. The Morgan fingerprint density at radius 1 is 1.19 bits per heavy atom. The van der Waals surface area contributed by atoms with Gasteiger partial charge in [0.25, 0.3) is 0 Å². The molecule has 0 aromatic rings. The highest BCUT2D eigenvalue weighted by Crippen LogP contribution is 2.45. The number of piperazine rings is 1. The zero-order valence-corrected chi connectivity index (χ0v) is 10.7. The van der Waals surface area contributed by atoms with E-state index in [4.69, 9.17) is 0 Å². The molecule has 16 heavy (non-hydrogen) atoms. The highest BCUT2D eigenvalue weighted by molar-refractivity contribution is 5.17. The van der Waals surface area contributed by atoms with Crippen LogP contribution in [0.4, 0.5) is 0 Å². The average Bonchev–Trinajstić information content (AvgIpc) is 2.19. The van der Waals surface area contributed by atoms with Crippen molar-refractivity contribution in [2.45, 2.75) is 32.2 Å². The van der Waals surface area contributed by atoms with Crippen LogP contribution < -0.4 is 0 Å². The van der Waals surface area contributed by atoms with Crippen molar-refractivity contribution in [2.24, 2.45) is 11.8 Å². The number of hydrogen-bond acceptors (Lipinski definition) is 3. The zero-order chi connectivity index (χ0) is 11.8. The molecule has 0 radical (unpaired) electrons. The maximum absolute atomic E-state index is 9.45. The first-order chi connectivity index (χ1) is 7.57. The van der Waals surface area contributed by atoms with Crippen molar-refractivity contribution in [1.82, 2.24) is 9.80 Å². The van der Waals surface area contributed by atoms with Crippen LogP contribution in [0.25, 0.3) is 0 Å². The quantitative estimate of drug-likeness (QED) is 0.709. The van der Waals surface area contributed by atoms with Gasteiger partial charge in [-0.1, -0.05) is 13.8 Å². The minimum Gasteiger partial charge on any atom is -0.304 e. The summed E-state index contributed by atoms with van der Waals surface area (Å²) in [5.41, 5.74) is -0.115. The van der Waals surface area contributed by atoms with Crippen molar-refractivity contribution in [2.75, 3.05) is 33.2 Å². The highest BCUT2D eigenvalue weighted by Gasteiger charge is 2.50.